The number of amides is 1. The van der Waals surface area contributed by atoms with Gasteiger partial charge in [-0.1, -0.05) is 43.2 Å². The van der Waals surface area contributed by atoms with Crippen LogP contribution in [-0.4, -0.2) is 44.9 Å². The van der Waals surface area contributed by atoms with E-state index >= 15 is 0 Å². The number of hydrogen-bond acceptors (Lipinski definition) is 4. The van der Waals surface area contributed by atoms with Crippen molar-refractivity contribution in [2.45, 2.75) is 57.2 Å². The zero-order valence-electron chi connectivity index (χ0n) is 16.3. The van der Waals surface area contributed by atoms with Gasteiger partial charge in [0, 0.05) is 18.7 Å². The molecule has 0 bridgehead atoms. The average molecular weight is 383 g/mol. The topological polar surface area (TPSA) is 70.4 Å². The summed E-state index contributed by atoms with van der Waals surface area (Å²) in [4.78, 5) is 15.0. The lowest BCUT2D eigenvalue weighted by Crippen LogP contribution is -2.43. The van der Waals surface area contributed by atoms with Crippen LogP contribution in [0.1, 0.15) is 50.1 Å². The first-order chi connectivity index (χ1) is 13.7. The maximum atomic E-state index is 12.9. The fourth-order valence-corrected chi connectivity index (χ4v) is 4.37. The third-order valence-corrected chi connectivity index (χ3v) is 6.01. The van der Waals surface area contributed by atoms with Crippen molar-refractivity contribution in [2.24, 2.45) is 5.92 Å². The van der Waals surface area contributed by atoms with Crippen LogP contribution in [0.4, 0.5) is 5.82 Å². The molecule has 2 aromatic rings. The molecular formula is C22H30N4O2. The Bertz CT molecular complexity index is 766. The minimum absolute atomic E-state index is 0.0331. The van der Waals surface area contributed by atoms with Crippen molar-refractivity contribution < 1.29 is 9.90 Å². The molecule has 1 amide bonds. The third-order valence-electron chi connectivity index (χ3n) is 6.01. The second-order valence-electron chi connectivity index (χ2n) is 8.13. The van der Waals surface area contributed by atoms with Gasteiger partial charge in [0.05, 0.1) is 25.4 Å². The van der Waals surface area contributed by atoms with Crippen molar-refractivity contribution in [3.8, 4) is 0 Å². The van der Waals surface area contributed by atoms with E-state index in [1.807, 2.05) is 28.9 Å². The van der Waals surface area contributed by atoms with Gasteiger partial charge in [0.25, 0.3) is 0 Å². The van der Waals surface area contributed by atoms with E-state index in [-0.39, 0.29) is 25.1 Å². The molecule has 1 aromatic carbocycles. The quantitative estimate of drug-likeness (QED) is 0.699. The number of carbonyl (C=O) groups is 1. The van der Waals surface area contributed by atoms with E-state index < -0.39 is 0 Å². The summed E-state index contributed by atoms with van der Waals surface area (Å²) < 4.78 is 1.97. The molecular weight excluding hydrogens is 352 g/mol. The number of hydrogen-bond donors (Lipinski definition) is 2. The summed E-state index contributed by atoms with van der Waals surface area (Å²) in [6.45, 7) is 1.02. The summed E-state index contributed by atoms with van der Waals surface area (Å²) in [6.07, 6.45) is 8.72. The van der Waals surface area contributed by atoms with E-state index in [4.69, 9.17) is 0 Å². The van der Waals surface area contributed by atoms with E-state index in [2.05, 4.69) is 27.4 Å². The van der Waals surface area contributed by atoms with Crippen molar-refractivity contribution >= 4 is 11.7 Å². The molecule has 0 unspecified atom stereocenters. The van der Waals surface area contributed by atoms with Crippen LogP contribution in [0.3, 0.4) is 0 Å². The van der Waals surface area contributed by atoms with Crippen LogP contribution in [0.2, 0.25) is 0 Å². The molecule has 1 atom stereocenters. The van der Waals surface area contributed by atoms with E-state index in [9.17, 15) is 9.90 Å². The Morgan fingerprint density at radius 2 is 1.93 bits per heavy atom. The first-order valence-corrected chi connectivity index (χ1v) is 10.5. The summed E-state index contributed by atoms with van der Waals surface area (Å²) in [5.41, 5.74) is 1.16. The van der Waals surface area contributed by atoms with Crippen molar-refractivity contribution in [1.29, 1.82) is 0 Å². The highest BCUT2D eigenvalue weighted by Gasteiger charge is 2.35. The SMILES string of the molecule is O=C(CN(Cc1ccccc1)[C@@H](CO)C1CC1)Nc1ccnn1C1CCCC1. The molecule has 2 fully saturated rings. The predicted molar refractivity (Wildman–Crippen MR) is 109 cm³/mol. The highest BCUT2D eigenvalue weighted by atomic mass is 16.3. The van der Waals surface area contributed by atoms with Gasteiger partial charge in [-0.2, -0.15) is 5.10 Å². The van der Waals surface area contributed by atoms with Crippen molar-refractivity contribution in [2.75, 3.05) is 18.5 Å². The first kappa shape index (κ1) is 19.2. The van der Waals surface area contributed by atoms with Crippen molar-refractivity contribution in [3.63, 3.8) is 0 Å². The molecule has 0 saturated heterocycles. The zero-order valence-corrected chi connectivity index (χ0v) is 16.3. The van der Waals surface area contributed by atoms with E-state index in [1.54, 1.807) is 6.20 Å². The molecule has 4 rings (SSSR count). The molecule has 6 heteroatoms. The summed E-state index contributed by atoms with van der Waals surface area (Å²) in [5.74, 6) is 1.23. The van der Waals surface area contributed by atoms with Gasteiger partial charge in [-0.15, -0.1) is 0 Å². The Labute approximate surface area is 166 Å². The number of anilines is 1. The second-order valence-corrected chi connectivity index (χ2v) is 8.13. The number of nitrogens with zero attached hydrogens (tertiary/aromatic N) is 3. The third kappa shape index (κ3) is 4.62. The molecule has 150 valence electrons. The highest BCUT2D eigenvalue weighted by Crippen LogP contribution is 2.36. The van der Waals surface area contributed by atoms with Gasteiger partial charge in [-0.25, -0.2) is 4.68 Å². The molecule has 28 heavy (non-hydrogen) atoms. The predicted octanol–water partition coefficient (Wildman–Crippen LogP) is 3.21. The molecule has 2 N–H and O–H groups in total. The summed E-state index contributed by atoms with van der Waals surface area (Å²) in [7, 11) is 0. The van der Waals surface area contributed by atoms with Crippen LogP contribution >= 0.6 is 0 Å². The molecule has 2 aliphatic rings. The van der Waals surface area contributed by atoms with Crippen molar-refractivity contribution in [3.05, 3.63) is 48.2 Å². The maximum Gasteiger partial charge on any atom is 0.239 e. The van der Waals surface area contributed by atoms with E-state index in [1.165, 1.54) is 12.8 Å². The number of aliphatic hydroxyl groups is 1. The number of rotatable bonds is 9. The second kappa shape index (κ2) is 8.88. The Hall–Kier alpha value is -2.18. The molecule has 1 heterocycles. The summed E-state index contributed by atoms with van der Waals surface area (Å²) in [6, 6.07) is 12.5. The van der Waals surface area contributed by atoms with Gasteiger partial charge in [0.2, 0.25) is 5.91 Å². The van der Waals surface area contributed by atoms with Gasteiger partial charge in [-0.05, 0) is 37.2 Å². The smallest absolute Gasteiger partial charge is 0.239 e. The Balaban J connectivity index is 1.44. The minimum atomic E-state index is -0.0465. The lowest BCUT2D eigenvalue weighted by molar-refractivity contribution is -0.118. The summed E-state index contributed by atoms with van der Waals surface area (Å²) >= 11 is 0. The van der Waals surface area contributed by atoms with Gasteiger partial charge >= 0.3 is 0 Å². The van der Waals surface area contributed by atoms with Gasteiger partial charge in [0.1, 0.15) is 5.82 Å². The fourth-order valence-electron chi connectivity index (χ4n) is 4.37. The number of carbonyl (C=O) groups excluding carboxylic acids is 1. The lowest BCUT2D eigenvalue weighted by atomic mass is 10.1. The molecule has 0 aliphatic heterocycles. The van der Waals surface area contributed by atoms with Crippen LogP contribution in [0.5, 0.6) is 0 Å². The monoisotopic (exact) mass is 382 g/mol. The maximum absolute atomic E-state index is 12.9. The Morgan fingerprint density at radius 3 is 2.61 bits per heavy atom. The van der Waals surface area contributed by atoms with Gasteiger partial charge < -0.3 is 10.4 Å². The number of aromatic nitrogens is 2. The Kier molecular flexibility index (Phi) is 6.07. The molecule has 1 aromatic heterocycles. The summed E-state index contributed by atoms with van der Waals surface area (Å²) in [5, 5.41) is 17.5. The van der Waals surface area contributed by atoms with E-state index in [0.717, 1.165) is 37.1 Å². The molecule has 2 aliphatic carbocycles. The van der Waals surface area contributed by atoms with Crippen LogP contribution in [0.15, 0.2) is 42.6 Å². The molecule has 0 radical (unpaired) electrons. The van der Waals surface area contributed by atoms with Gasteiger partial charge in [-0.3, -0.25) is 9.69 Å². The number of benzene rings is 1. The van der Waals surface area contributed by atoms with Gasteiger partial charge in [0.15, 0.2) is 0 Å². The lowest BCUT2D eigenvalue weighted by Gasteiger charge is -2.30. The first-order valence-electron chi connectivity index (χ1n) is 10.5. The van der Waals surface area contributed by atoms with Crippen LogP contribution in [0, 0.1) is 5.92 Å². The molecule has 0 spiro atoms. The van der Waals surface area contributed by atoms with Crippen LogP contribution < -0.4 is 5.32 Å². The van der Waals surface area contributed by atoms with Crippen LogP contribution in [-0.2, 0) is 11.3 Å². The zero-order chi connectivity index (χ0) is 19.3. The molecule has 6 nitrogen and oxygen atoms in total. The number of nitrogens with one attached hydrogen (secondary N) is 1. The minimum Gasteiger partial charge on any atom is -0.395 e. The standard InChI is InChI=1S/C22H30N4O2/c27-16-20(18-10-11-18)25(14-17-6-2-1-3-7-17)15-22(28)24-21-12-13-23-26(21)19-8-4-5-9-19/h1-3,6-7,12-13,18-20,27H,4-5,8-11,14-16H2,(H,24,28)/t20-/m0/s1. The van der Waals surface area contributed by atoms with E-state index in [0.29, 0.717) is 18.5 Å². The Morgan fingerprint density at radius 1 is 1.18 bits per heavy atom. The van der Waals surface area contributed by atoms with Crippen LogP contribution in [0.25, 0.3) is 0 Å². The average Bonchev–Trinajstić information content (AvgIpc) is 3.18. The van der Waals surface area contributed by atoms with Crippen molar-refractivity contribution in [1.82, 2.24) is 14.7 Å². The largest absolute Gasteiger partial charge is 0.395 e. The highest BCUT2D eigenvalue weighted by molar-refractivity contribution is 5.91. The fraction of sp³-hybridized carbons (Fsp3) is 0.545. The normalized spacial score (nSPS) is 18.5. The number of aliphatic hydroxyl groups excluding tert-OH is 1. The molecule has 2 saturated carbocycles.